The van der Waals surface area contributed by atoms with Crippen LogP contribution < -0.4 is 0 Å². The normalized spacial score (nSPS) is 6.76. The molecule has 0 aromatic heterocycles. The number of halogens is 1. The zero-order valence-electron chi connectivity index (χ0n) is 11.9. The zero-order valence-corrected chi connectivity index (χ0v) is 13.5. The van der Waals surface area contributed by atoms with Crippen LogP contribution in [-0.4, -0.2) is 0 Å². The van der Waals surface area contributed by atoms with Crippen LogP contribution in [0.5, 0.6) is 0 Å². The van der Waals surface area contributed by atoms with E-state index in [1.807, 2.05) is 60.8 Å². The minimum atomic E-state index is -0.209. The summed E-state index contributed by atoms with van der Waals surface area (Å²) in [6.45, 7) is 12.0. The predicted molar refractivity (Wildman–Crippen MR) is 72.2 cm³/mol. The molecule has 1 aromatic carbocycles. The molecule has 17 heavy (non-hydrogen) atoms. The van der Waals surface area contributed by atoms with Gasteiger partial charge in [0.15, 0.2) is 0 Å². The van der Waals surface area contributed by atoms with E-state index in [1.54, 1.807) is 0 Å². The Morgan fingerprint density at radius 1 is 0.824 bits per heavy atom. The smallest absolute Gasteiger partial charge is 0.335 e. The van der Waals surface area contributed by atoms with E-state index in [0.29, 0.717) is 0 Å². The predicted octanol–water partition coefficient (Wildman–Crippen LogP) is 5.31. The van der Waals surface area contributed by atoms with Crippen molar-refractivity contribution in [3.8, 4) is 0 Å². The maximum Gasteiger partial charge on any atom is 4.00 e. The van der Waals surface area contributed by atoms with Crippen LogP contribution in [-0.2, 0) is 21.7 Å². The fraction of sp³-hybridized carbons (Fsp3) is 0.400. The summed E-state index contributed by atoms with van der Waals surface area (Å²) in [5, 5.41) is 0. The van der Waals surface area contributed by atoms with Crippen LogP contribution >= 0.6 is 0 Å². The first-order chi connectivity index (χ1) is 7.64. The Morgan fingerprint density at radius 3 is 1.18 bits per heavy atom. The molecule has 0 unspecified atom stereocenters. The van der Waals surface area contributed by atoms with E-state index in [-0.39, 0.29) is 27.5 Å². The average Bonchev–Trinajstić information content (AvgIpc) is 2.22. The quantitative estimate of drug-likeness (QED) is 0.443. The first-order valence-electron chi connectivity index (χ1n) is 5.47. The molecule has 0 saturated carbocycles. The van der Waals surface area contributed by atoms with Crippen LogP contribution in [0.3, 0.4) is 0 Å². The van der Waals surface area contributed by atoms with Crippen LogP contribution in [0, 0.1) is 31.1 Å². The van der Waals surface area contributed by atoms with Gasteiger partial charge in [-0.1, -0.05) is 0 Å². The van der Waals surface area contributed by atoms with E-state index in [4.69, 9.17) is 0 Å². The van der Waals surface area contributed by atoms with Gasteiger partial charge in [0, 0.05) is 5.82 Å². The molecule has 0 fully saturated rings. The molecule has 1 aromatic rings. The number of hydrogen-bond acceptors (Lipinski definition) is 0. The van der Waals surface area contributed by atoms with E-state index >= 15 is 0 Å². The van der Waals surface area contributed by atoms with Crippen molar-refractivity contribution in [2.45, 2.75) is 41.5 Å². The van der Waals surface area contributed by atoms with Crippen molar-refractivity contribution < 1.29 is 26.1 Å². The van der Waals surface area contributed by atoms with Crippen LogP contribution in [0.25, 0.3) is 0 Å². The van der Waals surface area contributed by atoms with E-state index in [0.717, 1.165) is 0 Å². The second kappa shape index (κ2) is 29.7. The summed E-state index contributed by atoms with van der Waals surface area (Å²) < 4.78 is 11.9. The second-order valence-corrected chi connectivity index (χ2v) is 2.95. The molecule has 0 N–H and O–H groups in total. The van der Waals surface area contributed by atoms with Gasteiger partial charge in [0.05, 0.1) is 0 Å². The topological polar surface area (TPSA) is 0 Å². The van der Waals surface area contributed by atoms with Gasteiger partial charge in [-0.2, -0.15) is 59.7 Å². The molecule has 0 aliphatic heterocycles. The van der Waals surface area contributed by atoms with Crippen molar-refractivity contribution in [2.24, 2.45) is 0 Å². The number of rotatable bonds is 0. The van der Waals surface area contributed by atoms with Gasteiger partial charge in [-0.15, -0.1) is 12.1 Å². The van der Waals surface area contributed by atoms with Crippen molar-refractivity contribution in [1.29, 1.82) is 0 Å². The van der Waals surface area contributed by atoms with E-state index < -0.39 is 0 Å². The Hall–Kier alpha value is -0.136. The first kappa shape index (κ1) is 25.6. The van der Waals surface area contributed by atoms with Gasteiger partial charge in [-0.05, 0) is 0 Å². The van der Waals surface area contributed by atoms with Gasteiger partial charge in [-0.25, -0.2) is 4.39 Å². The number of hydrogen-bond donors (Lipinski definition) is 0. The minimum absolute atomic E-state index is 0. The molecule has 0 radical (unpaired) electrons. The van der Waals surface area contributed by atoms with Crippen LogP contribution in [0.4, 0.5) is 4.39 Å². The molecular formula is C15H25FTi. The Balaban J connectivity index is -0.0000000734. The summed E-state index contributed by atoms with van der Waals surface area (Å²) in [6.07, 6.45) is 6.00. The van der Waals surface area contributed by atoms with Crippen LogP contribution in [0.1, 0.15) is 41.5 Å². The van der Waals surface area contributed by atoms with Crippen molar-refractivity contribution in [2.75, 3.05) is 0 Å². The third-order valence-electron chi connectivity index (χ3n) is 0.678. The molecule has 0 spiro atoms. The fourth-order valence-corrected chi connectivity index (χ4v) is 0.367. The Bertz CT molecular complexity index is 171. The molecule has 0 aliphatic rings. The van der Waals surface area contributed by atoms with Crippen LogP contribution in [0.2, 0.25) is 0 Å². The maximum absolute atomic E-state index is 11.9. The molecule has 1 rings (SSSR count). The summed E-state index contributed by atoms with van der Waals surface area (Å²) in [5.74, 6) is -0.209. The molecule has 2 heteroatoms. The standard InChI is InChI=1S/C6H4F.3C3H7.Ti/c7-6-4-2-1-3-5-6;3*1-3-2;/h2-5H;3*3H,1-2H3;/q4*-1;+4. The monoisotopic (exact) mass is 272 g/mol. The third-order valence-corrected chi connectivity index (χ3v) is 0.678. The largest absolute Gasteiger partial charge is 4.00 e. The van der Waals surface area contributed by atoms with Gasteiger partial charge >= 0.3 is 21.7 Å². The Morgan fingerprint density at radius 2 is 1.06 bits per heavy atom. The second-order valence-electron chi connectivity index (χ2n) is 2.95. The van der Waals surface area contributed by atoms with Crippen molar-refractivity contribution in [1.82, 2.24) is 0 Å². The van der Waals surface area contributed by atoms with Crippen molar-refractivity contribution in [3.63, 3.8) is 0 Å². The molecule has 0 saturated heterocycles. The Labute approximate surface area is 123 Å². The minimum Gasteiger partial charge on any atom is -0.335 e. The van der Waals surface area contributed by atoms with Crippen molar-refractivity contribution >= 4 is 0 Å². The SMILES string of the molecule is C[CH-]C.C[CH-]C.C[CH-]C.Fc1cc[c-]cc1.[Ti+4]. The molecule has 0 bridgehead atoms. The molecule has 96 valence electrons. The van der Waals surface area contributed by atoms with Gasteiger partial charge in [0.25, 0.3) is 0 Å². The molecule has 0 atom stereocenters. The van der Waals surface area contributed by atoms with E-state index in [1.165, 1.54) is 24.3 Å². The maximum atomic E-state index is 11.9. The summed E-state index contributed by atoms with van der Waals surface area (Å²) >= 11 is 0. The van der Waals surface area contributed by atoms with Gasteiger partial charge in [-0.3, -0.25) is 0 Å². The number of benzene rings is 1. The first-order valence-corrected chi connectivity index (χ1v) is 5.47. The summed E-state index contributed by atoms with van der Waals surface area (Å²) in [5.41, 5.74) is 0. The third kappa shape index (κ3) is 49.3. The van der Waals surface area contributed by atoms with E-state index in [2.05, 4.69) is 6.07 Å². The van der Waals surface area contributed by atoms with E-state index in [9.17, 15) is 4.39 Å². The molecule has 0 heterocycles. The summed E-state index contributed by atoms with van der Waals surface area (Å²) in [6, 6.07) is 8.49. The van der Waals surface area contributed by atoms with Gasteiger partial charge in [0.2, 0.25) is 0 Å². The zero-order chi connectivity index (χ0) is 13.2. The molecular weight excluding hydrogens is 247 g/mol. The summed E-state index contributed by atoms with van der Waals surface area (Å²) in [4.78, 5) is 0. The summed E-state index contributed by atoms with van der Waals surface area (Å²) in [7, 11) is 0. The Kier molecular flexibility index (Phi) is 44.8. The molecule has 0 nitrogen and oxygen atoms in total. The average molecular weight is 272 g/mol. The van der Waals surface area contributed by atoms with Gasteiger partial charge in [0.1, 0.15) is 0 Å². The molecule has 0 amide bonds. The fourth-order valence-electron chi connectivity index (χ4n) is 0.367. The van der Waals surface area contributed by atoms with Crippen LogP contribution in [0.15, 0.2) is 24.3 Å². The van der Waals surface area contributed by atoms with Gasteiger partial charge < -0.3 is 19.3 Å². The van der Waals surface area contributed by atoms with Crippen molar-refractivity contribution in [3.05, 3.63) is 55.4 Å². The molecule has 0 aliphatic carbocycles.